The molecule has 0 saturated heterocycles. The lowest BCUT2D eigenvalue weighted by Crippen LogP contribution is -2.28. The van der Waals surface area contributed by atoms with Crippen molar-refractivity contribution in [3.05, 3.63) is 42.2 Å². The summed E-state index contributed by atoms with van der Waals surface area (Å²) in [5.74, 6) is 5.48. The summed E-state index contributed by atoms with van der Waals surface area (Å²) in [6.45, 7) is 5.90. The first-order valence-electron chi connectivity index (χ1n) is 4.74. The van der Waals surface area contributed by atoms with E-state index < -0.39 is 0 Å². The van der Waals surface area contributed by atoms with Crippen molar-refractivity contribution in [2.75, 3.05) is 0 Å². The van der Waals surface area contributed by atoms with E-state index in [-0.39, 0.29) is 6.04 Å². The zero-order valence-electron chi connectivity index (χ0n) is 8.53. The highest BCUT2D eigenvalue weighted by Gasteiger charge is 2.08. The van der Waals surface area contributed by atoms with Crippen LogP contribution in [-0.4, -0.2) is 4.98 Å². The van der Waals surface area contributed by atoms with E-state index in [2.05, 4.69) is 17.0 Å². The fourth-order valence-corrected chi connectivity index (χ4v) is 1.32. The summed E-state index contributed by atoms with van der Waals surface area (Å²) in [5, 5.41) is 0. The molecule has 14 heavy (non-hydrogen) atoms. The SMILES string of the molecule is C=C(C)CCC(NN)c1cccnc1. The largest absolute Gasteiger partial charge is 0.271 e. The van der Waals surface area contributed by atoms with E-state index in [4.69, 9.17) is 5.84 Å². The predicted molar refractivity (Wildman–Crippen MR) is 58.3 cm³/mol. The number of nitrogens with zero attached hydrogens (tertiary/aromatic N) is 1. The van der Waals surface area contributed by atoms with Gasteiger partial charge in [-0.2, -0.15) is 0 Å². The Morgan fingerprint density at radius 3 is 3.00 bits per heavy atom. The molecule has 0 bridgehead atoms. The summed E-state index contributed by atoms with van der Waals surface area (Å²) in [6, 6.07) is 4.11. The standard InChI is InChI=1S/C11H17N3/c1-9(2)5-6-11(14-12)10-4-3-7-13-8-10/h3-4,7-8,11,14H,1,5-6,12H2,2H3. The molecule has 1 aromatic heterocycles. The third kappa shape index (κ3) is 3.28. The summed E-state index contributed by atoms with van der Waals surface area (Å²) in [4.78, 5) is 4.06. The van der Waals surface area contributed by atoms with Crippen LogP contribution in [0.5, 0.6) is 0 Å². The first kappa shape index (κ1) is 10.9. The molecule has 76 valence electrons. The molecule has 1 aromatic rings. The van der Waals surface area contributed by atoms with Crippen molar-refractivity contribution in [3.63, 3.8) is 0 Å². The lowest BCUT2D eigenvalue weighted by atomic mass is 10.0. The molecule has 3 N–H and O–H groups in total. The topological polar surface area (TPSA) is 50.9 Å². The normalized spacial score (nSPS) is 12.4. The monoisotopic (exact) mass is 191 g/mol. The zero-order valence-corrected chi connectivity index (χ0v) is 8.53. The third-order valence-electron chi connectivity index (χ3n) is 2.15. The molecule has 0 aliphatic carbocycles. The number of hydrazine groups is 1. The molecule has 0 radical (unpaired) electrons. The number of allylic oxidation sites excluding steroid dienone is 1. The third-order valence-corrected chi connectivity index (χ3v) is 2.15. The van der Waals surface area contributed by atoms with Crippen LogP contribution in [0.4, 0.5) is 0 Å². The fourth-order valence-electron chi connectivity index (χ4n) is 1.32. The minimum absolute atomic E-state index is 0.167. The van der Waals surface area contributed by atoms with Crippen molar-refractivity contribution >= 4 is 0 Å². The quantitative estimate of drug-likeness (QED) is 0.425. The van der Waals surface area contributed by atoms with Crippen LogP contribution < -0.4 is 11.3 Å². The Balaban J connectivity index is 2.58. The molecule has 0 aromatic carbocycles. The number of hydrogen-bond acceptors (Lipinski definition) is 3. The van der Waals surface area contributed by atoms with Gasteiger partial charge in [-0.15, -0.1) is 6.58 Å². The molecule has 1 heterocycles. The van der Waals surface area contributed by atoms with E-state index in [1.807, 2.05) is 25.3 Å². The molecule has 3 nitrogen and oxygen atoms in total. The molecule has 0 spiro atoms. The van der Waals surface area contributed by atoms with Crippen molar-refractivity contribution in [1.29, 1.82) is 0 Å². The maximum absolute atomic E-state index is 5.48. The minimum atomic E-state index is 0.167. The van der Waals surface area contributed by atoms with Crippen molar-refractivity contribution in [2.45, 2.75) is 25.8 Å². The van der Waals surface area contributed by atoms with Crippen molar-refractivity contribution in [3.8, 4) is 0 Å². The number of rotatable bonds is 5. The van der Waals surface area contributed by atoms with Gasteiger partial charge in [-0.3, -0.25) is 16.3 Å². The Kier molecular flexibility index (Phi) is 4.29. The van der Waals surface area contributed by atoms with Crippen molar-refractivity contribution in [1.82, 2.24) is 10.4 Å². The first-order chi connectivity index (χ1) is 6.74. The van der Waals surface area contributed by atoms with Crippen LogP contribution in [0.15, 0.2) is 36.7 Å². The highest BCUT2D eigenvalue weighted by Crippen LogP contribution is 2.18. The number of nitrogens with one attached hydrogen (secondary N) is 1. The number of aromatic nitrogens is 1. The van der Waals surface area contributed by atoms with Crippen LogP contribution in [0.25, 0.3) is 0 Å². The van der Waals surface area contributed by atoms with Crippen molar-refractivity contribution in [2.24, 2.45) is 5.84 Å². The first-order valence-corrected chi connectivity index (χ1v) is 4.74. The Hall–Kier alpha value is -1.19. The van der Waals surface area contributed by atoms with Gasteiger partial charge in [0.1, 0.15) is 0 Å². The van der Waals surface area contributed by atoms with E-state index in [9.17, 15) is 0 Å². The molecule has 1 unspecified atom stereocenters. The molecular formula is C11H17N3. The van der Waals surface area contributed by atoms with Crippen LogP contribution >= 0.6 is 0 Å². The molecule has 1 atom stereocenters. The van der Waals surface area contributed by atoms with Crippen LogP contribution in [0.3, 0.4) is 0 Å². The highest BCUT2D eigenvalue weighted by molar-refractivity contribution is 5.13. The van der Waals surface area contributed by atoms with Gasteiger partial charge in [-0.05, 0) is 31.4 Å². The highest BCUT2D eigenvalue weighted by atomic mass is 15.2. The Labute approximate surface area is 85.0 Å². The second-order valence-electron chi connectivity index (χ2n) is 3.50. The van der Waals surface area contributed by atoms with Gasteiger partial charge >= 0.3 is 0 Å². The second kappa shape index (κ2) is 5.52. The van der Waals surface area contributed by atoms with Gasteiger partial charge in [0, 0.05) is 18.4 Å². The fraction of sp³-hybridized carbons (Fsp3) is 0.364. The van der Waals surface area contributed by atoms with Crippen LogP contribution in [0.1, 0.15) is 31.4 Å². The van der Waals surface area contributed by atoms with Crippen molar-refractivity contribution < 1.29 is 0 Å². The molecule has 0 aliphatic heterocycles. The summed E-state index contributed by atoms with van der Waals surface area (Å²) in [5.41, 5.74) is 5.09. The van der Waals surface area contributed by atoms with E-state index in [0.29, 0.717) is 0 Å². The van der Waals surface area contributed by atoms with Gasteiger partial charge in [0.2, 0.25) is 0 Å². The molecule has 0 aliphatic rings. The lowest BCUT2D eigenvalue weighted by molar-refractivity contribution is 0.514. The van der Waals surface area contributed by atoms with Crippen LogP contribution in [-0.2, 0) is 0 Å². The van der Waals surface area contributed by atoms with Gasteiger partial charge in [0.25, 0.3) is 0 Å². The van der Waals surface area contributed by atoms with Gasteiger partial charge in [-0.1, -0.05) is 11.6 Å². The van der Waals surface area contributed by atoms with Crippen LogP contribution in [0.2, 0.25) is 0 Å². The maximum atomic E-state index is 5.48. The zero-order chi connectivity index (χ0) is 10.4. The smallest absolute Gasteiger partial charge is 0.0478 e. The summed E-state index contributed by atoms with van der Waals surface area (Å²) in [6.07, 6.45) is 5.53. The average Bonchev–Trinajstić information content (AvgIpc) is 2.20. The molecule has 3 heteroatoms. The Bertz CT molecular complexity index is 282. The van der Waals surface area contributed by atoms with E-state index in [1.165, 1.54) is 5.57 Å². The lowest BCUT2D eigenvalue weighted by Gasteiger charge is -2.15. The van der Waals surface area contributed by atoms with Crippen LogP contribution in [0, 0.1) is 0 Å². The Morgan fingerprint density at radius 1 is 1.71 bits per heavy atom. The van der Waals surface area contributed by atoms with Gasteiger partial charge < -0.3 is 0 Å². The number of hydrogen-bond donors (Lipinski definition) is 2. The summed E-state index contributed by atoms with van der Waals surface area (Å²) < 4.78 is 0. The Morgan fingerprint density at radius 2 is 2.50 bits per heavy atom. The molecule has 0 fully saturated rings. The average molecular weight is 191 g/mol. The number of pyridine rings is 1. The molecule has 1 rings (SSSR count). The second-order valence-corrected chi connectivity index (χ2v) is 3.50. The van der Waals surface area contributed by atoms with E-state index in [0.717, 1.165) is 18.4 Å². The van der Waals surface area contributed by atoms with Gasteiger partial charge in [0.05, 0.1) is 0 Å². The minimum Gasteiger partial charge on any atom is -0.271 e. The maximum Gasteiger partial charge on any atom is 0.0478 e. The predicted octanol–water partition coefficient (Wildman–Crippen LogP) is 1.94. The summed E-state index contributed by atoms with van der Waals surface area (Å²) >= 11 is 0. The van der Waals surface area contributed by atoms with Gasteiger partial charge in [-0.25, -0.2) is 0 Å². The molecule has 0 saturated carbocycles. The molecular weight excluding hydrogens is 174 g/mol. The summed E-state index contributed by atoms with van der Waals surface area (Å²) in [7, 11) is 0. The van der Waals surface area contributed by atoms with E-state index >= 15 is 0 Å². The molecule has 0 amide bonds. The van der Waals surface area contributed by atoms with E-state index in [1.54, 1.807) is 6.20 Å². The van der Waals surface area contributed by atoms with Gasteiger partial charge in [0.15, 0.2) is 0 Å². The number of nitrogens with two attached hydrogens (primary N) is 1.